The SMILES string of the molecule is CC1(N)CN(c2ncc[nH]c2=O)C1. The number of aromatic nitrogens is 2. The summed E-state index contributed by atoms with van der Waals surface area (Å²) in [4.78, 5) is 19.7. The molecule has 3 N–H and O–H groups in total. The van der Waals surface area contributed by atoms with Crippen molar-refractivity contribution in [3.8, 4) is 0 Å². The molecule has 2 rings (SSSR count). The van der Waals surface area contributed by atoms with E-state index in [1.807, 2.05) is 11.8 Å². The molecule has 0 amide bonds. The van der Waals surface area contributed by atoms with Crippen LogP contribution in [0.5, 0.6) is 0 Å². The highest BCUT2D eigenvalue weighted by Gasteiger charge is 2.36. The molecule has 0 unspecified atom stereocenters. The van der Waals surface area contributed by atoms with Crippen molar-refractivity contribution in [3.63, 3.8) is 0 Å². The fraction of sp³-hybridized carbons (Fsp3) is 0.500. The molecule has 5 nitrogen and oxygen atoms in total. The van der Waals surface area contributed by atoms with Crippen LogP contribution in [0.3, 0.4) is 0 Å². The molecule has 0 bridgehead atoms. The molecule has 2 heterocycles. The topological polar surface area (TPSA) is 75.0 Å². The van der Waals surface area contributed by atoms with E-state index in [1.165, 1.54) is 6.20 Å². The van der Waals surface area contributed by atoms with Gasteiger partial charge in [-0.2, -0.15) is 0 Å². The first kappa shape index (κ1) is 8.25. The van der Waals surface area contributed by atoms with Crippen LogP contribution >= 0.6 is 0 Å². The minimum Gasteiger partial charge on any atom is -0.348 e. The number of hydrogen-bond acceptors (Lipinski definition) is 4. The maximum absolute atomic E-state index is 11.3. The standard InChI is InChI=1S/C8H12N4O/c1-8(9)4-12(5-8)6-7(13)11-3-2-10-6/h2-3H,4-5,9H2,1H3,(H,11,13). The number of rotatable bonds is 1. The summed E-state index contributed by atoms with van der Waals surface area (Å²) in [5.41, 5.74) is 5.49. The van der Waals surface area contributed by atoms with Crippen LogP contribution in [0.2, 0.25) is 0 Å². The molecule has 70 valence electrons. The Morgan fingerprint density at radius 1 is 1.69 bits per heavy atom. The summed E-state index contributed by atoms with van der Waals surface area (Å²) < 4.78 is 0. The monoisotopic (exact) mass is 180 g/mol. The van der Waals surface area contributed by atoms with Gasteiger partial charge in [0.25, 0.3) is 5.56 Å². The fourth-order valence-corrected chi connectivity index (χ4v) is 1.54. The average Bonchev–Trinajstić information content (AvgIpc) is 2.01. The van der Waals surface area contributed by atoms with Gasteiger partial charge < -0.3 is 15.6 Å². The molecule has 1 aliphatic heterocycles. The second-order valence-corrected chi connectivity index (χ2v) is 3.75. The Bertz CT molecular complexity index is 362. The Labute approximate surface area is 75.6 Å². The molecule has 0 saturated carbocycles. The lowest BCUT2D eigenvalue weighted by molar-refractivity contribution is 0.362. The predicted octanol–water partition coefficient (Wildman–Crippen LogP) is -0.693. The van der Waals surface area contributed by atoms with Gasteiger partial charge in [-0.25, -0.2) is 4.98 Å². The van der Waals surface area contributed by atoms with Crippen LogP contribution < -0.4 is 16.2 Å². The zero-order valence-corrected chi connectivity index (χ0v) is 7.45. The third-order valence-corrected chi connectivity index (χ3v) is 2.09. The van der Waals surface area contributed by atoms with Crippen LogP contribution in [-0.2, 0) is 0 Å². The van der Waals surface area contributed by atoms with E-state index >= 15 is 0 Å². The van der Waals surface area contributed by atoms with Crippen molar-refractivity contribution in [2.75, 3.05) is 18.0 Å². The number of anilines is 1. The normalized spacial score (nSPS) is 19.7. The van der Waals surface area contributed by atoms with Crippen molar-refractivity contribution in [3.05, 3.63) is 22.7 Å². The summed E-state index contributed by atoms with van der Waals surface area (Å²) in [7, 11) is 0. The average molecular weight is 180 g/mol. The van der Waals surface area contributed by atoms with Crippen LogP contribution in [0.25, 0.3) is 0 Å². The summed E-state index contributed by atoms with van der Waals surface area (Å²) in [6.45, 7) is 3.33. The molecule has 1 aliphatic rings. The van der Waals surface area contributed by atoms with Gasteiger partial charge in [0.1, 0.15) is 0 Å². The molecular formula is C8H12N4O. The van der Waals surface area contributed by atoms with Gasteiger partial charge in [-0.3, -0.25) is 4.79 Å². The zero-order valence-electron chi connectivity index (χ0n) is 7.45. The first-order valence-corrected chi connectivity index (χ1v) is 4.16. The van der Waals surface area contributed by atoms with Crippen LogP contribution in [-0.4, -0.2) is 28.6 Å². The molecular weight excluding hydrogens is 168 g/mol. The van der Waals surface area contributed by atoms with Gasteiger partial charge >= 0.3 is 0 Å². The van der Waals surface area contributed by atoms with Gasteiger partial charge in [0, 0.05) is 31.0 Å². The number of nitrogens with one attached hydrogen (secondary N) is 1. The zero-order chi connectivity index (χ0) is 9.47. The highest BCUT2D eigenvalue weighted by Crippen LogP contribution is 2.20. The summed E-state index contributed by atoms with van der Waals surface area (Å²) in [6, 6.07) is 0. The van der Waals surface area contributed by atoms with Crippen LogP contribution in [0, 0.1) is 0 Å². The highest BCUT2D eigenvalue weighted by atomic mass is 16.1. The number of aromatic amines is 1. The Hall–Kier alpha value is -1.36. The van der Waals surface area contributed by atoms with E-state index < -0.39 is 0 Å². The summed E-state index contributed by atoms with van der Waals surface area (Å²) in [6.07, 6.45) is 3.09. The van der Waals surface area contributed by atoms with Crippen LogP contribution in [0.15, 0.2) is 17.2 Å². The van der Waals surface area contributed by atoms with Crippen molar-refractivity contribution >= 4 is 5.82 Å². The molecule has 0 radical (unpaired) electrons. The van der Waals surface area contributed by atoms with Crippen molar-refractivity contribution in [2.45, 2.75) is 12.5 Å². The maximum Gasteiger partial charge on any atom is 0.290 e. The third-order valence-electron chi connectivity index (χ3n) is 2.09. The van der Waals surface area contributed by atoms with Crippen molar-refractivity contribution in [2.24, 2.45) is 5.73 Å². The lowest BCUT2D eigenvalue weighted by Crippen LogP contribution is -2.66. The number of nitrogens with zero attached hydrogens (tertiary/aromatic N) is 2. The Balaban J connectivity index is 2.21. The minimum atomic E-state index is -0.177. The van der Waals surface area contributed by atoms with E-state index in [9.17, 15) is 4.79 Å². The Morgan fingerprint density at radius 2 is 2.38 bits per heavy atom. The van der Waals surface area contributed by atoms with Gasteiger partial charge in [-0.05, 0) is 6.92 Å². The van der Waals surface area contributed by atoms with Crippen LogP contribution in [0.1, 0.15) is 6.92 Å². The quantitative estimate of drug-likeness (QED) is 0.599. The van der Waals surface area contributed by atoms with E-state index in [-0.39, 0.29) is 11.1 Å². The Kier molecular flexibility index (Phi) is 1.63. The van der Waals surface area contributed by atoms with Crippen molar-refractivity contribution in [1.82, 2.24) is 9.97 Å². The first-order valence-electron chi connectivity index (χ1n) is 4.16. The minimum absolute atomic E-state index is 0.155. The molecule has 1 aromatic heterocycles. The van der Waals surface area contributed by atoms with E-state index in [1.54, 1.807) is 6.20 Å². The second kappa shape index (κ2) is 2.56. The van der Waals surface area contributed by atoms with Crippen molar-refractivity contribution in [1.29, 1.82) is 0 Å². The van der Waals surface area contributed by atoms with E-state index in [0.29, 0.717) is 18.9 Å². The van der Waals surface area contributed by atoms with Gasteiger partial charge in [-0.1, -0.05) is 0 Å². The number of H-pyrrole nitrogens is 1. The molecule has 5 heteroatoms. The van der Waals surface area contributed by atoms with Gasteiger partial charge in [0.15, 0.2) is 5.82 Å². The maximum atomic E-state index is 11.3. The summed E-state index contributed by atoms with van der Waals surface area (Å²) >= 11 is 0. The largest absolute Gasteiger partial charge is 0.348 e. The smallest absolute Gasteiger partial charge is 0.290 e. The summed E-state index contributed by atoms with van der Waals surface area (Å²) in [5.74, 6) is 0.463. The molecule has 0 spiro atoms. The second-order valence-electron chi connectivity index (χ2n) is 3.75. The lowest BCUT2D eigenvalue weighted by Gasteiger charge is -2.45. The van der Waals surface area contributed by atoms with Gasteiger partial charge in [0.2, 0.25) is 0 Å². The lowest BCUT2D eigenvalue weighted by atomic mass is 9.94. The van der Waals surface area contributed by atoms with Gasteiger partial charge in [0.05, 0.1) is 0 Å². The third kappa shape index (κ3) is 1.42. The molecule has 13 heavy (non-hydrogen) atoms. The molecule has 0 aromatic carbocycles. The van der Waals surface area contributed by atoms with Gasteiger partial charge in [-0.15, -0.1) is 0 Å². The molecule has 1 saturated heterocycles. The predicted molar refractivity (Wildman–Crippen MR) is 49.7 cm³/mol. The number of nitrogens with two attached hydrogens (primary N) is 1. The molecule has 0 atom stereocenters. The first-order chi connectivity index (χ1) is 6.08. The van der Waals surface area contributed by atoms with E-state index in [4.69, 9.17) is 5.73 Å². The van der Waals surface area contributed by atoms with E-state index in [2.05, 4.69) is 9.97 Å². The molecule has 0 aliphatic carbocycles. The molecule has 1 fully saturated rings. The Morgan fingerprint density at radius 3 is 2.92 bits per heavy atom. The van der Waals surface area contributed by atoms with Crippen LogP contribution in [0.4, 0.5) is 5.82 Å². The van der Waals surface area contributed by atoms with E-state index in [0.717, 1.165) is 0 Å². The summed E-state index contributed by atoms with van der Waals surface area (Å²) in [5, 5.41) is 0. The van der Waals surface area contributed by atoms with Crippen molar-refractivity contribution < 1.29 is 0 Å². The fourth-order valence-electron chi connectivity index (χ4n) is 1.54. The number of hydrogen-bond donors (Lipinski definition) is 2. The highest BCUT2D eigenvalue weighted by molar-refractivity contribution is 5.41. The molecule has 1 aromatic rings.